The van der Waals surface area contributed by atoms with Gasteiger partial charge in [-0.3, -0.25) is 4.79 Å². The van der Waals surface area contributed by atoms with E-state index in [1.165, 1.54) is 6.08 Å². The molecular weight excluding hydrogens is 223 g/mol. The van der Waals surface area contributed by atoms with Crippen LogP contribution in [0.4, 0.5) is 5.82 Å². The van der Waals surface area contributed by atoms with Crippen LogP contribution in [-0.4, -0.2) is 18.7 Å². The molecule has 2 radical (unpaired) electrons. The van der Waals surface area contributed by atoms with Gasteiger partial charge in [-0.2, -0.15) is 0 Å². The second kappa shape index (κ2) is 5.85. The number of allylic oxidation sites excluding steroid dienone is 1. The number of nitrogens with zero attached hydrogens (tertiary/aromatic N) is 1. The summed E-state index contributed by atoms with van der Waals surface area (Å²) in [7, 11) is 5.93. The molecule has 0 atom stereocenters. The lowest BCUT2D eigenvalue weighted by Crippen LogP contribution is -2.22. The molecule has 0 saturated heterocycles. The Morgan fingerprint density at radius 2 is 2.06 bits per heavy atom. The van der Waals surface area contributed by atoms with Crippen LogP contribution in [0.3, 0.4) is 0 Å². The third kappa shape index (κ3) is 3.72. The maximum atomic E-state index is 11.7. The topological polar surface area (TPSA) is 42.0 Å². The number of carbonyl (C=O) groups is 1. The van der Waals surface area contributed by atoms with Gasteiger partial charge in [0.05, 0.1) is 0 Å². The molecule has 1 rings (SSSR count). The van der Waals surface area contributed by atoms with Gasteiger partial charge < -0.3 is 5.32 Å². The second-order valence-electron chi connectivity index (χ2n) is 4.99. The van der Waals surface area contributed by atoms with Crippen LogP contribution >= 0.6 is 0 Å². The molecule has 0 aliphatic heterocycles. The molecule has 1 amide bonds. The van der Waals surface area contributed by atoms with Crippen LogP contribution in [0.15, 0.2) is 17.7 Å². The van der Waals surface area contributed by atoms with Gasteiger partial charge in [0, 0.05) is 11.8 Å². The molecule has 1 heterocycles. The smallest absolute Gasteiger partial charge is 0.249 e. The van der Waals surface area contributed by atoms with Crippen molar-refractivity contribution in [3.05, 3.63) is 29.0 Å². The molecule has 0 unspecified atom stereocenters. The van der Waals surface area contributed by atoms with E-state index in [0.717, 1.165) is 16.8 Å². The predicted molar refractivity (Wildman–Crippen MR) is 76.5 cm³/mol. The molecule has 1 aromatic heterocycles. The maximum Gasteiger partial charge on any atom is 0.249 e. The largest absolute Gasteiger partial charge is 0.308 e. The first-order chi connectivity index (χ1) is 8.31. The third-order valence-electron chi connectivity index (χ3n) is 2.54. The average Bonchev–Trinajstić information content (AvgIpc) is 2.22. The summed E-state index contributed by atoms with van der Waals surface area (Å²) >= 11 is 0. The minimum Gasteiger partial charge on any atom is -0.308 e. The van der Waals surface area contributed by atoms with Gasteiger partial charge in [-0.15, -0.1) is 0 Å². The van der Waals surface area contributed by atoms with Crippen LogP contribution in [0, 0.1) is 6.92 Å². The Hall–Kier alpha value is -1.58. The van der Waals surface area contributed by atoms with Crippen LogP contribution in [0.25, 0.3) is 0 Å². The number of amides is 1. The molecule has 0 aliphatic carbocycles. The lowest BCUT2D eigenvalue weighted by molar-refractivity contribution is -0.112. The van der Waals surface area contributed by atoms with Crippen LogP contribution in [0.5, 0.6) is 0 Å². The Bertz CT molecular complexity index is 489. The summed E-state index contributed by atoms with van der Waals surface area (Å²) in [5.41, 5.74) is 3.31. The molecule has 3 nitrogen and oxygen atoms in total. The number of pyridine rings is 1. The molecular formula is C14H19BN2O. The summed E-state index contributed by atoms with van der Waals surface area (Å²) < 4.78 is 0. The highest BCUT2D eigenvalue weighted by atomic mass is 16.1. The van der Waals surface area contributed by atoms with Crippen molar-refractivity contribution in [2.45, 2.75) is 40.5 Å². The number of anilines is 1. The summed E-state index contributed by atoms with van der Waals surface area (Å²) in [5, 5.41) is 2.73. The third-order valence-corrected chi connectivity index (χ3v) is 2.54. The quantitative estimate of drug-likeness (QED) is 0.652. The summed E-state index contributed by atoms with van der Waals surface area (Å²) in [6.07, 6.45) is 1.53. The molecule has 0 saturated carbocycles. The van der Waals surface area contributed by atoms with E-state index >= 15 is 0 Å². The van der Waals surface area contributed by atoms with Crippen molar-refractivity contribution in [1.29, 1.82) is 0 Å². The maximum absolute atomic E-state index is 11.7. The number of aryl methyl sites for hydroxylation is 1. The summed E-state index contributed by atoms with van der Waals surface area (Å²) in [6, 6.07) is 1.95. The molecule has 1 N–H and O–H groups in total. The van der Waals surface area contributed by atoms with Crippen LogP contribution in [0.2, 0.25) is 0 Å². The second-order valence-corrected chi connectivity index (χ2v) is 4.99. The zero-order valence-electron chi connectivity index (χ0n) is 11.7. The molecule has 0 aromatic carbocycles. The van der Waals surface area contributed by atoms with E-state index in [2.05, 4.69) is 24.1 Å². The van der Waals surface area contributed by atoms with Crippen molar-refractivity contribution in [3.8, 4) is 0 Å². The van der Waals surface area contributed by atoms with E-state index in [-0.39, 0.29) is 5.91 Å². The summed E-state index contributed by atoms with van der Waals surface area (Å²) in [5.74, 6) is 0.541. The Balaban J connectivity index is 3.08. The highest BCUT2D eigenvalue weighted by Gasteiger charge is 2.10. The Morgan fingerprint density at radius 1 is 1.44 bits per heavy atom. The van der Waals surface area contributed by atoms with E-state index in [1.54, 1.807) is 0 Å². The summed E-state index contributed by atoms with van der Waals surface area (Å²) in [6.45, 7) is 9.76. The lowest BCUT2D eigenvalue weighted by Gasteiger charge is -2.13. The molecule has 0 aliphatic rings. The molecule has 18 heavy (non-hydrogen) atoms. The fourth-order valence-electron chi connectivity index (χ4n) is 1.51. The van der Waals surface area contributed by atoms with E-state index in [0.29, 0.717) is 17.2 Å². The minimum atomic E-state index is -0.200. The summed E-state index contributed by atoms with van der Waals surface area (Å²) in [4.78, 5) is 16.1. The highest BCUT2D eigenvalue weighted by molar-refractivity contribution is 6.37. The van der Waals surface area contributed by atoms with Crippen molar-refractivity contribution in [1.82, 2.24) is 4.98 Å². The highest BCUT2D eigenvalue weighted by Crippen LogP contribution is 2.15. The zero-order chi connectivity index (χ0) is 13.9. The van der Waals surface area contributed by atoms with Crippen LogP contribution in [0.1, 0.15) is 44.9 Å². The first-order valence-electron chi connectivity index (χ1n) is 6.04. The van der Waals surface area contributed by atoms with Gasteiger partial charge in [0.2, 0.25) is 5.91 Å². The molecule has 0 bridgehead atoms. The van der Waals surface area contributed by atoms with E-state index in [9.17, 15) is 4.79 Å². The van der Waals surface area contributed by atoms with E-state index in [1.807, 2.05) is 26.8 Å². The number of hydrogen-bond acceptors (Lipinski definition) is 2. The Morgan fingerprint density at radius 3 is 2.56 bits per heavy atom. The fraction of sp³-hybridized carbons (Fsp3) is 0.429. The molecule has 0 fully saturated rings. The number of nitrogens with one attached hydrogen (secondary N) is 1. The SMILES string of the molecule is [B]c1c(C)cc(C(C)C)nc1NC(=O)C=C(C)C. The van der Waals surface area contributed by atoms with E-state index in [4.69, 9.17) is 7.85 Å². The monoisotopic (exact) mass is 242 g/mol. The molecule has 4 heteroatoms. The number of carbonyl (C=O) groups excluding carboxylic acids is 1. The first-order valence-corrected chi connectivity index (χ1v) is 6.04. The van der Waals surface area contributed by atoms with Gasteiger partial charge in [-0.1, -0.05) is 30.4 Å². The van der Waals surface area contributed by atoms with Crippen LogP contribution < -0.4 is 10.8 Å². The van der Waals surface area contributed by atoms with Gasteiger partial charge in [0.1, 0.15) is 13.7 Å². The average molecular weight is 242 g/mol. The van der Waals surface area contributed by atoms with Gasteiger partial charge in [0.25, 0.3) is 0 Å². The van der Waals surface area contributed by atoms with Gasteiger partial charge in [0.15, 0.2) is 0 Å². The number of hydrogen-bond donors (Lipinski definition) is 1. The van der Waals surface area contributed by atoms with Crippen molar-refractivity contribution in [2.24, 2.45) is 0 Å². The number of rotatable bonds is 3. The molecule has 94 valence electrons. The molecule has 0 spiro atoms. The van der Waals surface area contributed by atoms with Crippen molar-refractivity contribution in [2.75, 3.05) is 5.32 Å². The fourth-order valence-corrected chi connectivity index (χ4v) is 1.51. The standard InChI is InChI=1S/C14H19BN2O/c1-8(2)6-12(18)17-14-13(15)10(5)7-11(16-14)9(3)4/h6-7,9H,1-5H3,(H,16,17,18). The van der Waals surface area contributed by atoms with Gasteiger partial charge in [-0.05, 0) is 32.8 Å². The van der Waals surface area contributed by atoms with Gasteiger partial charge in [-0.25, -0.2) is 4.98 Å². The van der Waals surface area contributed by atoms with Crippen molar-refractivity contribution >= 4 is 25.0 Å². The first kappa shape index (κ1) is 14.5. The van der Waals surface area contributed by atoms with Crippen LogP contribution in [-0.2, 0) is 4.79 Å². The molecule has 1 aromatic rings. The normalized spacial score (nSPS) is 10.3. The van der Waals surface area contributed by atoms with Crippen molar-refractivity contribution in [3.63, 3.8) is 0 Å². The number of aromatic nitrogens is 1. The minimum absolute atomic E-state index is 0.200. The van der Waals surface area contributed by atoms with E-state index < -0.39 is 0 Å². The Labute approximate surface area is 110 Å². The van der Waals surface area contributed by atoms with Crippen molar-refractivity contribution < 1.29 is 4.79 Å². The van der Waals surface area contributed by atoms with Gasteiger partial charge >= 0.3 is 0 Å². The Kier molecular flexibility index (Phi) is 4.71. The zero-order valence-corrected chi connectivity index (χ0v) is 11.7. The predicted octanol–water partition coefficient (Wildman–Crippen LogP) is 2.21. The lowest BCUT2D eigenvalue weighted by atomic mass is 9.90.